The van der Waals surface area contributed by atoms with Gasteiger partial charge in [-0.15, -0.1) is 0 Å². The summed E-state index contributed by atoms with van der Waals surface area (Å²) in [5, 5.41) is 58.5. The van der Waals surface area contributed by atoms with E-state index in [1.165, 1.54) is 60.0 Å². The number of carbonyl (C=O) groups is 4. The first kappa shape index (κ1) is 95.7. The van der Waals surface area contributed by atoms with E-state index < -0.39 is 5.97 Å². The zero-order chi connectivity index (χ0) is 86.2. The molecule has 630 valence electrons. The van der Waals surface area contributed by atoms with Gasteiger partial charge in [0.05, 0.1) is 93.0 Å². The molecule has 0 saturated heterocycles. The number of nitrogens with one attached hydrogen (secondary N) is 2. The minimum Gasteiger partial charge on any atom is -0.506 e. The summed E-state index contributed by atoms with van der Waals surface area (Å²) in [5.41, 5.74) is 15.4. The van der Waals surface area contributed by atoms with E-state index in [9.17, 15) is 29.4 Å². The lowest BCUT2D eigenvalue weighted by Gasteiger charge is -2.24. The molecule has 12 rings (SSSR count). The number of nitrogens with two attached hydrogens (primary N) is 1. The number of methoxy groups -OCH3 is 6. The summed E-state index contributed by atoms with van der Waals surface area (Å²) in [6.07, 6.45) is 6.09. The lowest BCUT2D eigenvalue weighted by atomic mass is 10.1. The minimum atomic E-state index is -0.933. The third-order valence-corrected chi connectivity index (χ3v) is 20.3. The van der Waals surface area contributed by atoms with Crippen LogP contribution in [0.1, 0.15) is 177 Å². The first-order valence-electron chi connectivity index (χ1n) is 37.6. The van der Waals surface area contributed by atoms with Gasteiger partial charge in [-0.2, -0.15) is 15.3 Å². The minimum absolute atomic E-state index is 0.00155. The second-order valence-electron chi connectivity index (χ2n) is 28.2. The molecule has 30 heteroatoms. The van der Waals surface area contributed by atoms with Gasteiger partial charge in [0.25, 0.3) is 11.8 Å². The van der Waals surface area contributed by atoms with Gasteiger partial charge in [-0.05, 0) is 169 Å². The fraction of sp³-hybridized carbons (Fsp3) is 0.368. The van der Waals surface area contributed by atoms with Crippen molar-refractivity contribution < 1.29 is 72.8 Å². The summed E-state index contributed by atoms with van der Waals surface area (Å²) >= 11 is 27.1. The third kappa shape index (κ3) is 30.7. The van der Waals surface area contributed by atoms with Crippen LogP contribution in [0, 0.1) is 11.8 Å². The summed E-state index contributed by atoms with van der Waals surface area (Å²) in [4.78, 5) is 48.4. The average Bonchev–Trinajstić information content (AvgIpc) is 1.76. The molecule has 0 unspecified atom stereocenters. The van der Waals surface area contributed by atoms with Crippen LogP contribution in [0.15, 0.2) is 146 Å². The molecular formula is C87H107BrCl4N10O15. The first-order chi connectivity index (χ1) is 55.8. The second kappa shape index (κ2) is 47.9. The fourth-order valence-corrected chi connectivity index (χ4v) is 12.3. The number of aldehydes is 1. The Hall–Kier alpha value is -10.2. The number of ether oxygens (including phenoxy) is 7. The molecule has 2 fully saturated rings. The van der Waals surface area contributed by atoms with Gasteiger partial charge < -0.3 is 74.9 Å². The van der Waals surface area contributed by atoms with Crippen LogP contribution in [-0.4, -0.2) is 133 Å². The number of hydrogen-bond donors (Lipinski definition) is 7. The molecule has 0 aliphatic heterocycles. The van der Waals surface area contributed by atoms with Gasteiger partial charge in [0.1, 0.15) is 80.9 Å². The van der Waals surface area contributed by atoms with E-state index in [1.54, 1.807) is 114 Å². The van der Waals surface area contributed by atoms with Crippen LogP contribution in [0.25, 0.3) is 0 Å². The smallest absolute Gasteiger partial charge is 0.354 e. The monoisotopic (exact) mass is 1750 g/mol. The maximum absolute atomic E-state index is 13.6. The molecule has 3 aromatic heterocycles. The zero-order valence-corrected chi connectivity index (χ0v) is 73.3. The molecule has 8 N–H and O–H groups in total. The number of hydrogen-bond acceptors (Lipinski definition) is 19. The normalized spacial score (nSPS) is 11.7. The van der Waals surface area contributed by atoms with Gasteiger partial charge in [0.2, 0.25) is 0 Å². The molecule has 2 aliphatic carbocycles. The number of benzene rings is 7. The molecule has 2 aliphatic rings. The Bertz CT molecular complexity index is 4870. The molecule has 0 atom stereocenters. The van der Waals surface area contributed by atoms with Crippen LogP contribution in [0.3, 0.4) is 0 Å². The largest absolute Gasteiger partial charge is 0.506 e. The Morgan fingerprint density at radius 3 is 1.37 bits per heavy atom. The van der Waals surface area contributed by atoms with E-state index in [0.29, 0.717) is 89.2 Å². The van der Waals surface area contributed by atoms with Gasteiger partial charge >= 0.3 is 5.97 Å². The number of carboxylic acids is 1. The number of amides is 2. The van der Waals surface area contributed by atoms with Crippen molar-refractivity contribution >= 4 is 86.4 Å². The summed E-state index contributed by atoms with van der Waals surface area (Å²) in [6.45, 7) is 15.7. The van der Waals surface area contributed by atoms with Crippen LogP contribution in [-0.2, 0) is 60.4 Å². The highest BCUT2D eigenvalue weighted by Crippen LogP contribution is 2.35. The maximum atomic E-state index is 13.6. The van der Waals surface area contributed by atoms with Crippen LogP contribution < -0.4 is 49.5 Å². The number of rotatable bonds is 28. The summed E-state index contributed by atoms with van der Waals surface area (Å²) in [5.74, 6) is 6.43. The van der Waals surface area contributed by atoms with E-state index in [1.807, 2.05) is 113 Å². The van der Waals surface area contributed by atoms with Crippen LogP contribution in [0.2, 0.25) is 20.1 Å². The zero-order valence-electron chi connectivity index (χ0n) is 68.7. The van der Waals surface area contributed by atoms with Crippen molar-refractivity contribution in [3.63, 3.8) is 0 Å². The number of carbonyl (C=O) groups excluding carboxylic acids is 3. The Kier molecular flexibility index (Phi) is 39.1. The standard InChI is InChI=1S/C24H28ClN3O4.C19H24ClN3O2.C16H18ClNO3.C9H13NO2.C8H12N2O2.C7H5ClO2.C4H7Br/c1-15(2)20-12-21(27(3)26-20)24(30)28(13-16-6-9-22(29)19(25)10-16)14-17-7-8-18(31-4)11-23(17)32-5;1-12(2)16-9-17(23(3)22-16)19(24)21-10-14-6-7-18(15(20)8-14)25-11-13-4-5-13;1-20-13-5-4-12(16(8-13)21-2)10-18-9-11-3-6-15(19)14(17)7-11;1-11-8-4-3-7(6-10)9(5-8)12-2;1-5(2)6-4-7(8(11)12)10(3)9-6;8-6-3-5(4-9)1-2-7(6)10;5-3-4-1-2-4/h6-12,15,29H,13-14H2,1-5H3;6-9,12-13H,4-5,10-11H2,1-3H3,(H,21,24);3-8,18-19H,9-10H2,1-2H3;3-5H,6,10H2,1-2H3;4-5H,1-3H3,(H,11,12);1-4,10H;4H,1-3H2. The van der Waals surface area contributed by atoms with Crippen molar-refractivity contribution in [2.75, 3.05) is 54.6 Å². The lowest BCUT2D eigenvalue weighted by Crippen LogP contribution is -2.31. The molecule has 7 aromatic carbocycles. The molecule has 10 aromatic rings. The number of carboxylic acid groups (broad SMARTS) is 1. The van der Waals surface area contributed by atoms with Crippen LogP contribution >= 0.6 is 62.3 Å². The Labute approximate surface area is 713 Å². The molecule has 3 heterocycles. The summed E-state index contributed by atoms with van der Waals surface area (Å²) in [7, 11) is 14.9. The van der Waals surface area contributed by atoms with Crippen molar-refractivity contribution in [3.05, 3.63) is 239 Å². The van der Waals surface area contributed by atoms with Gasteiger partial charge in [0, 0.05) is 99.6 Å². The van der Waals surface area contributed by atoms with E-state index in [-0.39, 0.29) is 69.1 Å². The van der Waals surface area contributed by atoms with Crippen LogP contribution in [0.4, 0.5) is 0 Å². The molecule has 0 spiro atoms. The molecule has 25 nitrogen and oxygen atoms in total. The van der Waals surface area contributed by atoms with Crippen molar-refractivity contribution in [1.29, 1.82) is 0 Å². The number of aromatic carboxylic acids is 1. The molecule has 0 radical (unpaired) electrons. The van der Waals surface area contributed by atoms with Gasteiger partial charge in [-0.3, -0.25) is 28.4 Å². The SMILES string of the molecule is BrCC1CC1.CC(C)c1cc(C(=O)NCc2ccc(OCC3CC3)c(Cl)c2)n(C)n1.CC(C)c1cc(C(=O)O)n(C)n1.COc1ccc(CN(Cc2ccc(O)c(Cl)c2)C(=O)c2cc(C(C)C)nn2C)c(OC)c1.COc1ccc(CN)c(OC)c1.COc1ccc(CNCc2ccc(O)c(Cl)c2)c(OC)c1.O=Cc1ccc(O)c(Cl)c1. The van der Waals surface area contributed by atoms with E-state index in [4.69, 9.17) is 95.5 Å². The number of phenolic OH excluding ortho intramolecular Hbond substituents is 3. The topological polar surface area (TPSA) is 321 Å². The number of aryl methyl sites for hydroxylation is 3. The number of halogens is 5. The average molecular weight is 1750 g/mol. The third-order valence-electron chi connectivity index (χ3n) is 18.2. The number of alkyl halides is 1. The highest BCUT2D eigenvalue weighted by atomic mass is 79.9. The van der Waals surface area contributed by atoms with Gasteiger partial charge in [-0.1, -0.05) is 134 Å². The second-order valence-corrected chi connectivity index (χ2v) is 30.5. The number of phenols is 3. The lowest BCUT2D eigenvalue weighted by molar-refractivity contribution is 0.0682. The van der Waals surface area contributed by atoms with Crippen molar-refractivity contribution in [2.24, 2.45) is 38.7 Å². The van der Waals surface area contributed by atoms with Crippen LogP contribution in [0.5, 0.6) is 57.5 Å². The fourth-order valence-electron chi connectivity index (χ4n) is 10.8. The van der Waals surface area contributed by atoms with Crippen molar-refractivity contribution in [1.82, 2.24) is 44.9 Å². The number of nitrogens with zero attached hydrogens (tertiary/aromatic N) is 7. The first-order valence-corrected chi connectivity index (χ1v) is 40.3. The van der Waals surface area contributed by atoms with Gasteiger partial charge in [0.15, 0.2) is 0 Å². The molecule has 2 amide bonds. The van der Waals surface area contributed by atoms with Crippen molar-refractivity contribution in [3.8, 4) is 57.5 Å². The number of aromatic nitrogens is 6. The highest BCUT2D eigenvalue weighted by molar-refractivity contribution is 9.09. The predicted molar refractivity (Wildman–Crippen MR) is 462 cm³/mol. The van der Waals surface area contributed by atoms with E-state index in [2.05, 4.69) is 55.7 Å². The van der Waals surface area contributed by atoms with Gasteiger partial charge in [-0.25, -0.2) is 4.79 Å². The quantitative estimate of drug-likeness (QED) is 0.0177. The Morgan fingerprint density at radius 1 is 0.504 bits per heavy atom. The highest BCUT2D eigenvalue weighted by Gasteiger charge is 2.26. The maximum Gasteiger partial charge on any atom is 0.354 e. The van der Waals surface area contributed by atoms with E-state index >= 15 is 0 Å². The molecular weight excluding hydrogens is 1650 g/mol. The summed E-state index contributed by atoms with van der Waals surface area (Å²) < 4.78 is 41.8. The Morgan fingerprint density at radius 2 is 0.932 bits per heavy atom. The molecule has 2 saturated carbocycles. The van der Waals surface area contributed by atoms with Crippen molar-refractivity contribution in [2.45, 2.75) is 124 Å². The predicted octanol–water partition coefficient (Wildman–Crippen LogP) is 18.1. The summed E-state index contributed by atoms with van der Waals surface area (Å²) in [6, 6.07) is 42.1. The Balaban J connectivity index is 0.000000225. The van der Waals surface area contributed by atoms with E-state index in [0.717, 1.165) is 86.0 Å². The molecule has 117 heavy (non-hydrogen) atoms. The number of aromatic hydroxyl groups is 3. The molecule has 0 bridgehead atoms.